The van der Waals surface area contributed by atoms with Gasteiger partial charge in [-0.15, -0.1) is 11.3 Å². The molecular formula is C49H31N3S. The van der Waals surface area contributed by atoms with E-state index in [0.29, 0.717) is 5.82 Å². The van der Waals surface area contributed by atoms with Crippen LogP contribution in [0.4, 0.5) is 0 Å². The van der Waals surface area contributed by atoms with Crippen molar-refractivity contribution in [1.29, 1.82) is 0 Å². The lowest BCUT2D eigenvalue weighted by atomic mass is 9.93. The van der Waals surface area contributed by atoms with Crippen molar-refractivity contribution in [3.8, 4) is 67.4 Å². The van der Waals surface area contributed by atoms with Gasteiger partial charge in [-0.1, -0.05) is 133 Å². The first kappa shape index (κ1) is 31.0. The lowest BCUT2D eigenvalue weighted by molar-refractivity contribution is 1.18. The van der Waals surface area contributed by atoms with E-state index >= 15 is 0 Å². The summed E-state index contributed by atoms with van der Waals surface area (Å²) in [7, 11) is 0. The zero-order chi connectivity index (χ0) is 35.1. The van der Waals surface area contributed by atoms with E-state index in [1.165, 1.54) is 36.5 Å². The normalized spacial score (nSPS) is 11.4. The van der Waals surface area contributed by atoms with Crippen LogP contribution in [0.25, 0.3) is 98.4 Å². The van der Waals surface area contributed by atoms with E-state index in [0.717, 1.165) is 56.0 Å². The van der Waals surface area contributed by atoms with Gasteiger partial charge in [-0.25, -0.2) is 9.97 Å². The molecule has 3 heterocycles. The summed E-state index contributed by atoms with van der Waals surface area (Å²) in [6, 6.07) is 64.5. The molecule has 0 N–H and O–H groups in total. The van der Waals surface area contributed by atoms with E-state index in [1.807, 2.05) is 53.9 Å². The highest BCUT2D eigenvalue weighted by Crippen LogP contribution is 2.42. The molecular weight excluding hydrogens is 663 g/mol. The maximum absolute atomic E-state index is 5.26. The Balaban J connectivity index is 1.19. The molecule has 0 aliphatic rings. The Morgan fingerprint density at radius 2 is 1.02 bits per heavy atom. The third-order valence-corrected chi connectivity index (χ3v) is 11.1. The first-order chi connectivity index (χ1) is 26.2. The molecule has 0 atom stereocenters. The van der Waals surface area contributed by atoms with Gasteiger partial charge < -0.3 is 0 Å². The molecule has 7 aromatic carbocycles. The lowest BCUT2D eigenvalue weighted by Crippen LogP contribution is -1.96. The molecule has 3 nitrogen and oxygen atoms in total. The average Bonchev–Trinajstić information content (AvgIpc) is 3.63. The van der Waals surface area contributed by atoms with Crippen molar-refractivity contribution in [3.05, 3.63) is 188 Å². The number of benzene rings is 7. The van der Waals surface area contributed by atoms with Crippen LogP contribution in [0.2, 0.25) is 0 Å². The first-order valence-corrected chi connectivity index (χ1v) is 18.6. The number of nitrogens with zero attached hydrogens (tertiary/aromatic N) is 3. The lowest BCUT2D eigenvalue weighted by Gasteiger charge is -2.14. The maximum atomic E-state index is 5.26. The van der Waals surface area contributed by atoms with Gasteiger partial charge in [-0.3, -0.25) is 4.98 Å². The van der Waals surface area contributed by atoms with Crippen molar-refractivity contribution >= 4 is 42.3 Å². The molecule has 4 heteroatoms. The number of pyridine rings is 1. The minimum Gasteiger partial charge on any atom is -0.256 e. The van der Waals surface area contributed by atoms with Crippen molar-refractivity contribution in [2.75, 3.05) is 0 Å². The van der Waals surface area contributed by atoms with Gasteiger partial charge >= 0.3 is 0 Å². The summed E-state index contributed by atoms with van der Waals surface area (Å²) in [5.41, 5.74) is 11.5. The quantitative estimate of drug-likeness (QED) is 0.174. The number of fused-ring (bicyclic) bond motifs is 4. The van der Waals surface area contributed by atoms with Gasteiger partial charge in [-0.2, -0.15) is 0 Å². The van der Waals surface area contributed by atoms with E-state index in [4.69, 9.17) is 9.97 Å². The Morgan fingerprint density at radius 1 is 0.358 bits per heavy atom. The van der Waals surface area contributed by atoms with Crippen LogP contribution in [0.1, 0.15) is 0 Å². The maximum Gasteiger partial charge on any atom is 0.160 e. The van der Waals surface area contributed by atoms with Crippen LogP contribution in [0, 0.1) is 0 Å². The van der Waals surface area contributed by atoms with Gasteiger partial charge in [-0.05, 0) is 81.6 Å². The van der Waals surface area contributed by atoms with Crippen LogP contribution in [0.5, 0.6) is 0 Å². The molecule has 0 saturated carbocycles. The molecule has 0 fully saturated rings. The molecule has 0 unspecified atom stereocenters. The summed E-state index contributed by atoms with van der Waals surface area (Å²) >= 11 is 1.86. The third kappa shape index (κ3) is 5.85. The van der Waals surface area contributed by atoms with E-state index < -0.39 is 0 Å². The zero-order valence-electron chi connectivity index (χ0n) is 28.6. The smallest absolute Gasteiger partial charge is 0.160 e. The van der Waals surface area contributed by atoms with Crippen molar-refractivity contribution in [1.82, 2.24) is 15.0 Å². The molecule has 248 valence electrons. The van der Waals surface area contributed by atoms with E-state index in [-0.39, 0.29) is 0 Å². The highest BCUT2D eigenvalue weighted by molar-refractivity contribution is 7.26. The van der Waals surface area contributed by atoms with Crippen LogP contribution in [0.3, 0.4) is 0 Å². The Labute approximate surface area is 311 Å². The number of hydrogen-bond donors (Lipinski definition) is 0. The summed E-state index contributed by atoms with van der Waals surface area (Å²) < 4.78 is 2.58. The number of hydrogen-bond acceptors (Lipinski definition) is 4. The minimum absolute atomic E-state index is 0.691. The predicted octanol–water partition coefficient (Wildman–Crippen LogP) is 13.4. The second-order valence-electron chi connectivity index (χ2n) is 13.3. The van der Waals surface area contributed by atoms with Crippen molar-refractivity contribution in [3.63, 3.8) is 0 Å². The van der Waals surface area contributed by atoms with Crippen LogP contribution >= 0.6 is 11.3 Å². The van der Waals surface area contributed by atoms with Crippen LogP contribution < -0.4 is 0 Å². The fourth-order valence-electron chi connectivity index (χ4n) is 7.25. The standard InChI is InChI=1S/C49H31N3S/c1-2-12-35(13-3-1)49-51-45(34-23-21-33(22-24-34)44-18-8-9-26-50-44)31-46(52-49)40-29-38(37-25-20-32-11-4-5-14-36(32)27-37)28-39(30-40)41-16-10-17-43-42-15-6-7-19-47(42)53-48(41)43/h1-31H. The average molecular weight is 694 g/mol. The second-order valence-corrected chi connectivity index (χ2v) is 14.3. The molecule has 10 rings (SSSR count). The van der Waals surface area contributed by atoms with E-state index in [1.54, 1.807) is 0 Å². The first-order valence-electron chi connectivity index (χ1n) is 17.8. The Morgan fingerprint density at radius 3 is 1.85 bits per heavy atom. The number of thiophene rings is 1. The molecule has 53 heavy (non-hydrogen) atoms. The Bertz CT molecular complexity index is 2930. The molecule has 0 radical (unpaired) electrons. The summed E-state index contributed by atoms with van der Waals surface area (Å²) in [6.07, 6.45) is 1.83. The SMILES string of the molecule is c1ccc(-c2nc(-c3ccc(-c4ccccn4)cc3)cc(-c3cc(-c4ccc5ccccc5c4)cc(-c4cccc5c4sc4ccccc45)c3)n2)cc1. The molecule has 3 aromatic heterocycles. The fraction of sp³-hybridized carbons (Fsp3) is 0. The minimum atomic E-state index is 0.691. The third-order valence-electron chi connectivity index (χ3n) is 9.93. The molecule has 10 aromatic rings. The van der Waals surface area contributed by atoms with Gasteiger partial charge in [0.15, 0.2) is 5.82 Å². The van der Waals surface area contributed by atoms with Gasteiger partial charge in [0.1, 0.15) is 0 Å². The van der Waals surface area contributed by atoms with Gasteiger partial charge in [0, 0.05) is 48.6 Å². The van der Waals surface area contributed by atoms with Gasteiger partial charge in [0.05, 0.1) is 17.1 Å². The molecule has 0 aliphatic heterocycles. The van der Waals surface area contributed by atoms with E-state index in [2.05, 4.69) is 151 Å². The van der Waals surface area contributed by atoms with E-state index in [9.17, 15) is 0 Å². The topological polar surface area (TPSA) is 38.7 Å². The Hall–Kier alpha value is -6.75. The molecule has 0 saturated heterocycles. The molecule has 0 spiro atoms. The second kappa shape index (κ2) is 13.1. The summed E-state index contributed by atoms with van der Waals surface area (Å²) in [4.78, 5) is 14.9. The van der Waals surface area contributed by atoms with Crippen LogP contribution in [-0.4, -0.2) is 15.0 Å². The number of aromatic nitrogens is 3. The summed E-state index contributed by atoms with van der Waals surface area (Å²) in [5.74, 6) is 0.691. The monoisotopic (exact) mass is 693 g/mol. The molecule has 0 bridgehead atoms. The highest BCUT2D eigenvalue weighted by Gasteiger charge is 2.16. The predicted molar refractivity (Wildman–Crippen MR) is 223 cm³/mol. The zero-order valence-corrected chi connectivity index (χ0v) is 29.5. The highest BCUT2D eigenvalue weighted by atomic mass is 32.1. The largest absolute Gasteiger partial charge is 0.256 e. The number of rotatable bonds is 6. The van der Waals surface area contributed by atoms with Gasteiger partial charge in [0.2, 0.25) is 0 Å². The van der Waals surface area contributed by atoms with Crippen LogP contribution in [-0.2, 0) is 0 Å². The Kier molecular flexibility index (Phi) is 7.67. The molecule has 0 aliphatic carbocycles. The van der Waals surface area contributed by atoms with Gasteiger partial charge in [0.25, 0.3) is 0 Å². The molecule has 0 amide bonds. The summed E-state index contributed by atoms with van der Waals surface area (Å²) in [5, 5.41) is 5.02. The van der Waals surface area contributed by atoms with Crippen molar-refractivity contribution < 1.29 is 0 Å². The fourth-order valence-corrected chi connectivity index (χ4v) is 8.48. The van der Waals surface area contributed by atoms with Crippen LogP contribution in [0.15, 0.2) is 188 Å². The van der Waals surface area contributed by atoms with Crippen molar-refractivity contribution in [2.45, 2.75) is 0 Å². The summed E-state index contributed by atoms with van der Waals surface area (Å²) in [6.45, 7) is 0. The van der Waals surface area contributed by atoms with Crippen molar-refractivity contribution in [2.24, 2.45) is 0 Å².